The maximum absolute atomic E-state index is 11.4. The van der Waals surface area contributed by atoms with Crippen molar-refractivity contribution in [1.82, 2.24) is 9.55 Å². The summed E-state index contributed by atoms with van der Waals surface area (Å²) in [5, 5.41) is 0. The number of nitrogens with zero attached hydrogens (tertiary/aromatic N) is 2. The number of methoxy groups -OCH3 is 1. The molecule has 0 spiro atoms. The number of rotatable bonds is 3. The predicted molar refractivity (Wildman–Crippen MR) is 63.1 cm³/mol. The van der Waals surface area contributed by atoms with Crippen LogP contribution < -0.4 is 10.5 Å². The van der Waals surface area contributed by atoms with Gasteiger partial charge in [0.1, 0.15) is 5.75 Å². The molecular weight excluding hydrogens is 218 g/mol. The topological polar surface area (TPSA) is 70.1 Å². The van der Waals surface area contributed by atoms with E-state index in [0.717, 1.165) is 29.6 Å². The molecule has 1 aliphatic rings. The second kappa shape index (κ2) is 3.48. The number of fused-ring (bicyclic) bond motifs is 1. The molecular formula is C12H13N3O2. The lowest BCUT2D eigenvalue weighted by molar-refractivity contribution is 0.0986. The van der Waals surface area contributed by atoms with Gasteiger partial charge in [0.05, 0.1) is 18.1 Å². The molecule has 1 aromatic heterocycles. The quantitative estimate of drug-likeness (QED) is 0.869. The van der Waals surface area contributed by atoms with Crippen LogP contribution in [0.15, 0.2) is 18.2 Å². The smallest absolute Gasteiger partial charge is 0.284 e. The highest BCUT2D eigenvalue weighted by molar-refractivity contribution is 5.94. The summed E-state index contributed by atoms with van der Waals surface area (Å²) in [5.74, 6) is 0.623. The van der Waals surface area contributed by atoms with E-state index < -0.39 is 5.91 Å². The third-order valence-electron chi connectivity index (χ3n) is 3.03. The molecule has 0 atom stereocenters. The number of carbonyl (C=O) groups is 1. The van der Waals surface area contributed by atoms with Gasteiger partial charge in [0.2, 0.25) is 0 Å². The maximum Gasteiger partial charge on any atom is 0.284 e. The van der Waals surface area contributed by atoms with Gasteiger partial charge in [0, 0.05) is 12.1 Å². The highest BCUT2D eigenvalue weighted by Crippen LogP contribution is 2.39. The number of amides is 1. The first-order valence-electron chi connectivity index (χ1n) is 5.56. The van der Waals surface area contributed by atoms with Gasteiger partial charge in [0.15, 0.2) is 5.82 Å². The number of primary amides is 1. The van der Waals surface area contributed by atoms with Gasteiger partial charge in [-0.05, 0) is 25.0 Å². The first-order valence-corrected chi connectivity index (χ1v) is 5.56. The molecule has 1 saturated carbocycles. The van der Waals surface area contributed by atoms with E-state index in [-0.39, 0.29) is 0 Å². The molecule has 0 unspecified atom stereocenters. The van der Waals surface area contributed by atoms with Crippen LogP contribution in [0.5, 0.6) is 5.75 Å². The summed E-state index contributed by atoms with van der Waals surface area (Å²) in [6.07, 6.45) is 2.14. The molecule has 17 heavy (non-hydrogen) atoms. The first-order chi connectivity index (χ1) is 8.20. The Morgan fingerprint density at radius 3 is 2.88 bits per heavy atom. The van der Waals surface area contributed by atoms with Crippen molar-refractivity contribution < 1.29 is 9.53 Å². The molecule has 88 valence electrons. The Morgan fingerprint density at radius 2 is 2.29 bits per heavy atom. The van der Waals surface area contributed by atoms with E-state index >= 15 is 0 Å². The van der Waals surface area contributed by atoms with Crippen LogP contribution in [0, 0.1) is 0 Å². The molecule has 2 aromatic rings. The molecule has 0 bridgehead atoms. The molecule has 0 aliphatic heterocycles. The normalized spacial score (nSPS) is 15.1. The first kappa shape index (κ1) is 10.1. The van der Waals surface area contributed by atoms with Gasteiger partial charge in [-0.25, -0.2) is 4.98 Å². The minimum atomic E-state index is -0.480. The Morgan fingerprint density at radius 1 is 1.53 bits per heavy atom. The molecule has 1 heterocycles. The lowest BCUT2D eigenvalue weighted by atomic mass is 10.3. The Bertz CT molecular complexity index is 599. The molecule has 0 radical (unpaired) electrons. The fourth-order valence-electron chi connectivity index (χ4n) is 2.08. The van der Waals surface area contributed by atoms with Crippen LogP contribution in [0.1, 0.15) is 29.5 Å². The second-order valence-corrected chi connectivity index (χ2v) is 4.26. The standard InChI is InChI=1S/C12H13N3O2/c1-17-8-4-5-9-10(6-8)15(7-2-3-7)12(14-9)11(13)16/h4-7H,2-3H2,1H3,(H2,13,16). The average molecular weight is 231 g/mol. The molecule has 2 N–H and O–H groups in total. The van der Waals surface area contributed by atoms with Gasteiger partial charge < -0.3 is 15.0 Å². The van der Waals surface area contributed by atoms with Crippen molar-refractivity contribution in [2.75, 3.05) is 7.11 Å². The van der Waals surface area contributed by atoms with Crippen molar-refractivity contribution in [3.05, 3.63) is 24.0 Å². The van der Waals surface area contributed by atoms with E-state index in [1.807, 2.05) is 22.8 Å². The van der Waals surface area contributed by atoms with Crippen LogP contribution in [0.4, 0.5) is 0 Å². The molecule has 1 amide bonds. The van der Waals surface area contributed by atoms with E-state index in [2.05, 4.69) is 4.98 Å². The van der Waals surface area contributed by atoms with Gasteiger partial charge in [-0.1, -0.05) is 0 Å². The summed E-state index contributed by atoms with van der Waals surface area (Å²) in [4.78, 5) is 15.7. The summed E-state index contributed by atoms with van der Waals surface area (Å²) in [5.41, 5.74) is 7.06. The summed E-state index contributed by atoms with van der Waals surface area (Å²) >= 11 is 0. The van der Waals surface area contributed by atoms with Crippen molar-refractivity contribution in [2.45, 2.75) is 18.9 Å². The van der Waals surface area contributed by atoms with E-state index in [0.29, 0.717) is 11.9 Å². The van der Waals surface area contributed by atoms with Crippen LogP contribution in [0.25, 0.3) is 11.0 Å². The fourth-order valence-corrected chi connectivity index (χ4v) is 2.08. The van der Waals surface area contributed by atoms with E-state index in [4.69, 9.17) is 10.5 Å². The zero-order valence-corrected chi connectivity index (χ0v) is 9.51. The number of imidazole rings is 1. The molecule has 3 rings (SSSR count). The van der Waals surface area contributed by atoms with E-state index in [1.165, 1.54) is 0 Å². The number of nitrogens with two attached hydrogens (primary N) is 1. The van der Waals surface area contributed by atoms with Crippen LogP contribution in [0.2, 0.25) is 0 Å². The summed E-state index contributed by atoms with van der Waals surface area (Å²) in [6.45, 7) is 0. The van der Waals surface area contributed by atoms with E-state index in [9.17, 15) is 4.79 Å². The van der Waals surface area contributed by atoms with Crippen molar-refractivity contribution in [2.24, 2.45) is 5.73 Å². The Kier molecular flexibility index (Phi) is 2.07. The van der Waals surface area contributed by atoms with Gasteiger partial charge in [-0.3, -0.25) is 4.79 Å². The van der Waals surface area contributed by atoms with Crippen molar-refractivity contribution in [3.8, 4) is 5.75 Å². The van der Waals surface area contributed by atoms with Gasteiger partial charge in [-0.15, -0.1) is 0 Å². The summed E-state index contributed by atoms with van der Waals surface area (Å²) < 4.78 is 7.12. The molecule has 1 aromatic carbocycles. The minimum absolute atomic E-state index is 0.343. The highest BCUT2D eigenvalue weighted by atomic mass is 16.5. The molecule has 5 nitrogen and oxygen atoms in total. The number of aromatic nitrogens is 2. The number of hydrogen-bond donors (Lipinski definition) is 1. The SMILES string of the molecule is COc1ccc2nc(C(N)=O)n(C3CC3)c2c1. The predicted octanol–water partition coefficient (Wildman–Crippen LogP) is 1.48. The lowest BCUT2D eigenvalue weighted by Gasteiger charge is -2.05. The third-order valence-corrected chi connectivity index (χ3v) is 3.03. The fraction of sp³-hybridized carbons (Fsp3) is 0.333. The molecule has 1 fully saturated rings. The Labute approximate surface area is 98.2 Å². The highest BCUT2D eigenvalue weighted by Gasteiger charge is 2.29. The van der Waals surface area contributed by atoms with Crippen molar-refractivity contribution in [1.29, 1.82) is 0 Å². The Hall–Kier alpha value is -2.04. The van der Waals surface area contributed by atoms with Crippen LogP contribution in [0.3, 0.4) is 0 Å². The second-order valence-electron chi connectivity index (χ2n) is 4.26. The van der Waals surface area contributed by atoms with Gasteiger partial charge in [-0.2, -0.15) is 0 Å². The zero-order valence-electron chi connectivity index (χ0n) is 9.51. The Balaban J connectivity index is 2.28. The molecule has 5 heteroatoms. The van der Waals surface area contributed by atoms with Crippen LogP contribution >= 0.6 is 0 Å². The number of benzene rings is 1. The number of hydrogen-bond acceptors (Lipinski definition) is 3. The van der Waals surface area contributed by atoms with Crippen LogP contribution in [-0.4, -0.2) is 22.6 Å². The third kappa shape index (κ3) is 1.54. The van der Waals surface area contributed by atoms with Crippen molar-refractivity contribution in [3.63, 3.8) is 0 Å². The van der Waals surface area contributed by atoms with Crippen molar-refractivity contribution >= 4 is 16.9 Å². The summed E-state index contributed by atoms with van der Waals surface area (Å²) in [6, 6.07) is 5.93. The number of carbonyl (C=O) groups excluding carboxylic acids is 1. The molecule has 0 saturated heterocycles. The lowest BCUT2D eigenvalue weighted by Crippen LogP contribution is -2.17. The maximum atomic E-state index is 11.4. The largest absolute Gasteiger partial charge is 0.497 e. The monoisotopic (exact) mass is 231 g/mol. The summed E-state index contributed by atoms with van der Waals surface area (Å²) in [7, 11) is 1.62. The molecule has 1 aliphatic carbocycles. The minimum Gasteiger partial charge on any atom is -0.497 e. The van der Waals surface area contributed by atoms with Crippen LogP contribution in [-0.2, 0) is 0 Å². The van der Waals surface area contributed by atoms with Gasteiger partial charge in [0.25, 0.3) is 5.91 Å². The van der Waals surface area contributed by atoms with Gasteiger partial charge >= 0.3 is 0 Å². The zero-order chi connectivity index (χ0) is 12.0. The van der Waals surface area contributed by atoms with E-state index in [1.54, 1.807) is 7.11 Å². The average Bonchev–Trinajstić information content (AvgIpc) is 3.08. The number of ether oxygens (including phenoxy) is 1.